The fourth-order valence-electron chi connectivity index (χ4n) is 2.95. The lowest BCUT2D eigenvalue weighted by Crippen LogP contribution is -2.22. The monoisotopic (exact) mass is 454 g/mol. The molecule has 0 unspecified atom stereocenters. The molecular formula is C25H30N2O6. The van der Waals surface area contributed by atoms with Crippen molar-refractivity contribution in [3.63, 3.8) is 0 Å². The van der Waals surface area contributed by atoms with Crippen LogP contribution in [-0.2, 0) is 23.9 Å². The Morgan fingerprint density at radius 3 is 2.15 bits per heavy atom. The lowest BCUT2D eigenvalue weighted by molar-refractivity contribution is -0.147. The maximum Gasteiger partial charge on any atom is 0.338 e. The van der Waals surface area contributed by atoms with Crippen LogP contribution in [0.15, 0.2) is 42.5 Å². The summed E-state index contributed by atoms with van der Waals surface area (Å²) in [5, 5.41) is 5.30. The summed E-state index contributed by atoms with van der Waals surface area (Å²) in [4.78, 5) is 48.1. The van der Waals surface area contributed by atoms with Crippen molar-refractivity contribution in [2.24, 2.45) is 5.92 Å². The van der Waals surface area contributed by atoms with Crippen LogP contribution in [0.1, 0.15) is 48.2 Å². The van der Waals surface area contributed by atoms with E-state index in [2.05, 4.69) is 10.6 Å². The van der Waals surface area contributed by atoms with Crippen LogP contribution in [-0.4, -0.2) is 37.0 Å². The molecule has 0 saturated heterocycles. The molecule has 0 radical (unpaired) electrons. The van der Waals surface area contributed by atoms with E-state index in [0.717, 1.165) is 11.1 Å². The molecule has 2 rings (SSSR count). The molecule has 0 aliphatic rings. The Labute approximate surface area is 193 Å². The fraction of sp³-hybridized carbons (Fsp3) is 0.360. The van der Waals surface area contributed by atoms with Gasteiger partial charge in [-0.3, -0.25) is 14.4 Å². The number of carbonyl (C=O) groups is 4. The number of carbonyl (C=O) groups excluding carboxylic acids is 4. The first-order chi connectivity index (χ1) is 15.6. The maximum atomic E-state index is 12.1. The van der Waals surface area contributed by atoms with E-state index in [1.807, 2.05) is 45.9 Å². The number of anilines is 2. The van der Waals surface area contributed by atoms with Crippen LogP contribution in [0.3, 0.4) is 0 Å². The van der Waals surface area contributed by atoms with Crippen molar-refractivity contribution in [2.45, 2.75) is 40.5 Å². The predicted molar refractivity (Wildman–Crippen MR) is 125 cm³/mol. The molecule has 0 aliphatic carbocycles. The van der Waals surface area contributed by atoms with Crippen LogP contribution >= 0.6 is 0 Å². The van der Waals surface area contributed by atoms with E-state index < -0.39 is 30.4 Å². The fourth-order valence-corrected chi connectivity index (χ4v) is 2.95. The molecule has 0 aromatic heterocycles. The molecule has 0 fully saturated rings. The van der Waals surface area contributed by atoms with Crippen molar-refractivity contribution in [1.82, 2.24) is 0 Å². The summed E-state index contributed by atoms with van der Waals surface area (Å²) >= 11 is 0. The van der Waals surface area contributed by atoms with Crippen LogP contribution in [0, 0.1) is 19.8 Å². The van der Waals surface area contributed by atoms with Crippen molar-refractivity contribution in [3.05, 3.63) is 59.2 Å². The number of hydrogen-bond donors (Lipinski definition) is 2. The quantitative estimate of drug-likeness (QED) is 0.525. The minimum Gasteiger partial charge on any atom is -0.462 e. The molecular weight excluding hydrogens is 424 g/mol. The highest BCUT2D eigenvalue weighted by molar-refractivity contribution is 5.96. The summed E-state index contributed by atoms with van der Waals surface area (Å²) in [6.45, 7) is 7.58. The molecule has 0 spiro atoms. The minimum absolute atomic E-state index is 0.125. The molecule has 0 heterocycles. The second-order valence-corrected chi connectivity index (χ2v) is 8.21. The van der Waals surface area contributed by atoms with Crippen molar-refractivity contribution in [2.75, 3.05) is 23.8 Å². The van der Waals surface area contributed by atoms with Gasteiger partial charge < -0.3 is 20.1 Å². The molecule has 2 aromatic rings. The second-order valence-electron chi connectivity index (χ2n) is 8.21. The van der Waals surface area contributed by atoms with Gasteiger partial charge in [0.05, 0.1) is 18.6 Å². The third-order valence-corrected chi connectivity index (χ3v) is 4.36. The molecule has 0 saturated carbocycles. The van der Waals surface area contributed by atoms with E-state index in [9.17, 15) is 19.2 Å². The molecule has 33 heavy (non-hydrogen) atoms. The highest BCUT2D eigenvalue weighted by Crippen LogP contribution is 2.14. The van der Waals surface area contributed by atoms with Gasteiger partial charge in [-0.15, -0.1) is 0 Å². The first kappa shape index (κ1) is 25.6. The molecule has 0 atom stereocenters. The second kappa shape index (κ2) is 12.4. The Morgan fingerprint density at radius 2 is 1.48 bits per heavy atom. The van der Waals surface area contributed by atoms with Crippen molar-refractivity contribution in [1.29, 1.82) is 0 Å². The summed E-state index contributed by atoms with van der Waals surface area (Å²) in [5.74, 6) is -1.79. The Balaban J connectivity index is 1.74. The zero-order valence-corrected chi connectivity index (χ0v) is 19.4. The average Bonchev–Trinajstić information content (AvgIpc) is 2.74. The Bertz CT molecular complexity index is 995. The number of hydrogen-bond acceptors (Lipinski definition) is 6. The van der Waals surface area contributed by atoms with Gasteiger partial charge in [0, 0.05) is 17.8 Å². The first-order valence-corrected chi connectivity index (χ1v) is 10.7. The van der Waals surface area contributed by atoms with E-state index in [4.69, 9.17) is 9.47 Å². The molecule has 0 aliphatic heterocycles. The normalized spacial score (nSPS) is 10.5. The topological polar surface area (TPSA) is 111 Å². The van der Waals surface area contributed by atoms with Crippen molar-refractivity contribution in [3.8, 4) is 0 Å². The van der Waals surface area contributed by atoms with Gasteiger partial charge in [-0.25, -0.2) is 4.79 Å². The van der Waals surface area contributed by atoms with Gasteiger partial charge in [0.15, 0.2) is 6.61 Å². The molecule has 2 amide bonds. The highest BCUT2D eigenvalue weighted by atomic mass is 16.5. The molecule has 0 bridgehead atoms. The van der Waals surface area contributed by atoms with Crippen LogP contribution < -0.4 is 10.6 Å². The predicted octanol–water partition coefficient (Wildman–Crippen LogP) is 4.02. The summed E-state index contributed by atoms with van der Waals surface area (Å²) in [7, 11) is 0. The smallest absolute Gasteiger partial charge is 0.338 e. The first-order valence-electron chi connectivity index (χ1n) is 10.7. The van der Waals surface area contributed by atoms with Crippen molar-refractivity contribution < 1.29 is 28.7 Å². The van der Waals surface area contributed by atoms with E-state index in [1.54, 1.807) is 18.2 Å². The van der Waals surface area contributed by atoms with Crippen LogP contribution in [0.5, 0.6) is 0 Å². The lowest BCUT2D eigenvalue weighted by Gasteiger charge is -2.10. The van der Waals surface area contributed by atoms with Gasteiger partial charge in [-0.1, -0.05) is 26.0 Å². The number of aryl methyl sites for hydroxylation is 2. The molecule has 8 nitrogen and oxygen atoms in total. The molecule has 8 heteroatoms. The molecule has 176 valence electrons. The standard InChI is InChI=1S/C25H30N2O6/c1-16(2)14-33-25(31)19-6-5-7-20(13-19)26-22(28)8-9-24(30)32-15-23(29)27-21-11-17(3)10-18(4)12-21/h5-7,10-13,16H,8-9,14-15H2,1-4H3,(H,26,28)(H,27,29). The lowest BCUT2D eigenvalue weighted by atomic mass is 10.1. The number of ether oxygens (including phenoxy) is 2. The number of rotatable bonds is 10. The van der Waals surface area contributed by atoms with Gasteiger partial charge in [-0.2, -0.15) is 0 Å². The number of benzene rings is 2. The third kappa shape index (κ3) is 9.55. The highest BCUT2D eigenvalue weighted by Gasteiger charge is 2.13. The summed E-state index contributed by atoms with van der Waals surface area (Å²) in [5.41, 5.74) is 3.38. The van der Waals surface area contributed by atoms with E-state index >= 15 is 0 Å². The molecule has 2 aromatic carbocycles. The number of esters is 2. The number of amides is 2. The Hall–Kier alpha value is -3.68. The summed E-state index contributed by atoms with van der Waals surface area (Å²) < 4.78 is 10.1. The van der Waals surface area contributed by atoms with Crippen LogP contribution in [0.2, 0.25) is 0 Å². The Morgan fingerprint density at radius 1 is 0.818 bits per heavy atom. The average molecular weight is 455 g/mol. The van der Waals surface area contributed by atoms with Crippen LogP contribution in [0.4, 0.5) is 11.4 Å². The van der Waals surface area contributed by atoms with Gasteiger partial charge in [0.2, 0.25) is 5.91 Å². The van der Waals surface area contributed by atoms with E-state index in [0.29, 0.717) is 23.5 Å². The van der Waals surface area contributed by atoms with Gasteiger partial charge >= 0.3 is 11.9 Å². The number of nitrogens with one attached hydrogen (secondary N) is 2. The van der Waals surface area contributed by atoms with E-state index in [-0.39, 0.29) is 18.8 Å². The Kier molecular flexibility index (Phi) is 9.60. The third-order valence-electron chi connectivity index (χ3n) is 4.36. The summed E-state index contributed by atoms with van der Waals surface area (Å²) in [6.07, 6.45) is -0.307. The van der Waals surface area contributed by atoms with E-state index in [1.165, 1.54) is 6.07 Å². The zero-order valence-electron chi connectivity index (χ0n) is 19.4. The van der Waals surface area contributed by atoms with Gasteiger partial charge in [-0.05, 0) is 61.2 Å². The zero-order chi connectivity index (χ0) is 24.4. The van der Waals surface area contributed by atoms with Gasteiger partial charge in [0.1, 0.15) is 0 Å². The van der Waals surface area contributed by atoms with Crippen LogP contribution in [0.25, 0.3) is 0 Å². The van der Waals surface area contributed by atoms with Crippen molar-refractivity contribution >= 4 is 35.1 Å². The SMILES string of the molecule is Cc1cc(C)cc(NC(=O)COC(=O)CCC(=O)Nc2cccc(C(=O)OCC(C)C)c2)c1. The largest absolute Gasteiger partial charge is 0.462 e. The molecule has 2 N–H and O–H groups in total. The van der Waals surface area contributed by atoms with Gasteiger partial charge in [0.25, 0.3) is 5.91 Å². The summed E-state index contributed by atoms with van der Waals surface area (Å²) in [6, 6.07) is 12.0. The minimum atomic E-state index is -0.660. The maximum absolute atomic E-state index is 12.1.